The largest absolute Gasteiger partial charge is 0.497 e. The SMILES string of the molecule is COc1ccc(NCC(=O)NN=Cc2c(C)nn(Cc3ccccc3)c2C)cc1. The lowest BCUT2D eigenvalue weighted by atomic mass is 10.2. The predicted molar refractivity (Wildman–Crippen MR) is 114 cm³/mol. The van der Waals surface area contributed by atoms with Crippen molar-refractivity contribution >= 4 is 17.8 Å². The van der Waals surface area contributed by atoms with Crippen molar-refractivity contribution in [3.63, 3.8) is 0 Å². The Labute approximate surface area is 170 Å². The third-order valence-corrected chi connectivity index (χ3v) is 4.54. The summed E-state index contributed by atoms with van der Waals surface area (Å²) in [6, 6.07) is 17.5. The molecule has 1 aromatic heterocycles. The van der Waals surface area contributed by atoms with Crippen molar-refractivity contribution in [3.05, 3.63) is 77.1 Å². The van der Waals surface area contributed by atoms with Crippen LogP contribution in [0, 0.1) is 13.8 Å². The molecule has 0 saturated carbocycles. The molecule has 3 aromatic rings. The standard InChI is InChI=1S/C22H25N5O2/c1-16-21(17(2)27(26-16)15-18-7-5-4-6-8-18)13-24-25-22(28)14-23-19-9-11-20(29-3)12-10-19/h4-13,23H,14-15H2,1-3H3,(H,25,28). The number of nitrogens with one attached hydrogen (secondary N) is 2. The summed E-state index contributed by atoms with van der Waals surface area (Å²) < 4.78 is 7.05. The van der Waals surface area contributed by atoms with Gasteiger partial charge in [0.25, 0.3) is 5.91 Å². The molecule has 0 saturated heterocycles. The van der Waals surface area contributed by atoms with Gasteiger partial charge in [0.2, 0.25) is 0 Å². The number of aryl methyl sites for hydroxylation is 1. The minimum atomic E-state index is -0.232. The summed E-state index contributed by atoms with van der Waals surface area (Å²) in [5.41, 5.74) is 7.33. The molecule has 0 atom stereocenters. The van der Waals surface area contributed by atoms with E-state index >= 15 is 0 Å². The summed E-state index contributed by atoms with van der Waals surface area (Å²) >= 11 is 0. The first kappa shape index (κ1) is 20.1. The van der Waals surface area contributed by atoms with Gasteiger partial charge in [-0.05, 0) is 43.7 Å². The summed E-state index contributed by atoms with van der Waals surface area (Å²) in [6.45, 7) is 4.74. The number of methoxy groups -OCH3 is 1. The van der Waals surface area contributed by atoms with Crippen molar-refractivity contribution in [1.82, 2.24) is 15.2 Å². The van der Waals surface area contributed by atoms with Crippen LogP contribution in [0.5, 0.6) is 5.75 Å². The number of carbonyl (C=O) groups is 1. The van der Waals surface area contributed by atoms with Gasteiger partial charge in [-0.15, -0.1) is 0 Å². The van der Waals surface area contributed by atoms with Crippen LogP contribution < -0.4 is 15.5 Å². The molecule has 0 radical (unpaired) electrons. The van der Waals surface area contributed by atoms with Crippen molar-refractivity contribution in [2.75, 3.05) is 19.0 Å². The molecule has 0 fully saturated rings. The van der Waals surface area contributed by atoms with Gasteiger partial charge in [-0.2, -0.15) is 10.2 Å². The van der Waals surface area contributed by atoms with E-state index in [0.717, 1.165) is 28.4 Å². The lowest BCUT2D eigenvalue weighted by Gasteiger charge is -2.06. The molecule has 0 aliphatic heterocycles. The van der Waals surface area contributed by atoms with Crippen LogP contribution in [0.4, 0.5) is 5.69 Å². The zero-order valence-corrected chi connectivity index (χ0v) is 16.8. The minimum absolute atomic E-state index is 0.120. The fourth-order valence-corrected chi connectivity index (χ4v) is 2.91. The highest BCUT2D eigenvalue weighted by Gasteiger charge is 2.10. The molecule has 0 aliphatic rings. The number of amides is 1. The van der Waals surface area contributed by atoms with E-state index in [1.807, 2.05) is 61.0 Å². The van der Waals surface area contributed by atoms with Gasteiger partial charge >= 0.3 is 0 Å². The Morgan fingerprint density at radius 3 is 2.55 bits per heavy atom. The van der Waals surface area contributed by atoms with Crippen LogP contribution in [0.15, 0.2) is 59.7 Å². The third kappa shape index (κ3) is 5.44. The van der Waals surface area contributed by atoms with Crippen LogP contribution in [0.2, 0.25) is 0 Å². The first-order valence-electron chi connectivity index (χ1n) is 9.34. The van der Waals surface area contributed by atoms with E-state index in [9.17, 15) is 4.79 Å². The summed E-state index contributed by atoms with van der Waals surface area (Å²) in [4.78, 5) is 12.0. The van der Waals surface area contributed by atoms with Gasteiger partial charge in [-0.3, -0.25) is 9.48 Å². The van der Waals surface area contributed by atoms with Crippen LogP contribution in [-0.2, 0) is 11.3 Å². The number of ether oxygens (including phenoxy) is 1. The Bertz CT molecular complexity index is 978. The van der Waals surface area contributed by atoms with Crippen molar-refractivity contribution in [1.29, 1.82) is 0 Å². The van der Waals surface area contributed by atoms with Crippen molar-refractivity contribution < 1.29 is 9.53 Å². The molecule has 0 bridgehead atoms. The van der Waals surface area contributed by atoms with Crippen LogP contribution >= 0.6 is 0 Å². The van der Waals surface area contributed by atoms with E-state index in [1.165, 1.54) is 5.56 Å². The maximum atomic E-state index is 12.0. The number of hydrazone groups is 1. The Kier molecular flexibility index (Phi) is 6.63. The highest BCUT2D eigenvalue weighted by Crippen LogP contribution is 2.15. The molecule has 2 aromatic carbocycles. The molecule has 3 rings (SSSR count). The molecule has 0 unspecified atom stereocenters. The van der Waals surface area contributed by atoms with Gasteiger partial charge in [0.1, 0.15) is 5.75 Å². The van der Waals surface area contributed by atoms with Gasteiger partial charge in [-0.1, -0.05) is 30.3 Å². The first-order chi connectivity index (χ1) is 14.1. The Morgan fingerprint density at radius 1 is 1.14 bits per heavy atom. The topological polar surface area (TPSA) is 80.5 Å². The van der Waals surface area contributed by atoms with Gasteiger partial charge in [-0.25, -0.2) is 5.43 Å². The van der Waals surface area contributed by atoms with Gasteiger partial charge < -0.3 is 10.1 Å². The molecule has 7 nitrogen and oxygen atoms in total. The lowest BCUT2D eigenvalue weighted by Crippen LogP contribution is -2.25. The van der Waals surface area contributed by atoms with E-state index in [1.54, 1.807) is 13.3 Å². The molecule has 29 heavy (non-hydrogen) atoms. The number of rotatable bonds is 8. The van der Waals surface area contributed by atoms with Gasteiger partial charge in [0.05, 0.1) is 32.1 Å². The summed E-state index contributed by atoms with van der Waals surface area (Å²) in [7, 11) is 1.61. The van der Waals surface area contributed by atoms with E-state index in [0.29, 0.717) is 6.54 Å². The van der Waals surface area contributed by atoms with Crippen molar-refractivity contribution in [3.8, 4) is 5.75 Å². The smallest absolute Gasteiger partial charge is 0.259 e. The Hall–Kier alpha value is -3.61. The molecule has 2 N–H and O–H groups in total. The monoisotopic (exact) mass is 391 g/mol. The maximum Gasteiger partial charge on any atom is 0.259 e. The number of carbonyl (C=O) groups excluding carboxylic acids is 1. The first-order valence-corrected chi connectivity index (χ1v) is 9.34. The molecule has 150 valence electrons. The summed E-state index contributed by atoms with van der Waals surface area (Å²) in [5, 5.41) is 11.7. The highest BCUT2D eigenvalue weighted by molar-refractivity contribution is 5.85. The molecule has 7 heteroatoms. The fraction of sp³-hybridized carbons (Fsp3) is 0.227. The number of benzene rings is 2. The quantitative estimate of drug-likeness (QED) is 0.457. The number of hydrogen-bond acceptors (Lipinski definition) is 5. The number of anilines is 1. The van der Waals surface area contributed by atoms with Crippen molar-refractivity contribution in [2.24, 2.45) is 5.10 Å². The Balaban J connectivity index is 1.54. The third-order valence-electron chi connectivity index (χ3n) is 4.54. The zero-order valence-electron chi connectivity index (χ0n) is 16.8. The van der Waals surface area contributed by atoms with Crippen LogP contribution in [0.1, 0.15) is 22.5 Å². The number of aromatic nitrogens is 2. The fourth-order valence-electron chi connectivity index (χ4n) is 2.91. The van der Waals surface area contributed by atoms with Gasteiger partial charge in [0, 0.05) is 16.9 Å². The van der Waals surface area contributed by atoms with E-state index < -0.39 is 0 Å². The second-order valence-electron chi connectivity index (χ2n) is 6.60. The highest BCUT2D eigenvalue weighted by atomic mass is 16.5. The average molecular weight is 391 g/mol. The molecular formula is C22H25N5O2. The Morgan fingerprint density at radius 2 is 1.86 bits per heavy atom. The molecular weight excluding hydrogens is 366 g/mol. The number of hydrogen-bond donors (Lipinski definition) is 2. The van der Waals surface area contributed by atoms with Crippen LogP contribution in [0.3, 0.4) is 0 Å². The van der Waals surface area contributed by atoms with E-state index in [2.05, 4.69) is 33.1 Å². The van der Waals surface area contributed by atoms with Gasteiger partial charge in [0.15, 0.2) is 0 Å². The second-order valence-corrected chi connectivity index (χ2v) is 6.60. The predicted octanol–water partition coefficient (Wildman–Crippen LogP) is 3.12. The maximum absolute atomic E-state index is 12.0. The molecule has 0 aliphatic carbocycles. The summed E-state index contributed by atoms with van der Waals surface area (Å²) in [6.07, 6.45) is 1.64. The molecule has 0 spiro atoms. The second kappa shape index (κ2) is 9.54. The molecule has 1 heterocycles. The minimum Gasteiger partial charge on any atom is -0.497 e. The van der Waals surface area contributed by atoms with Crippen LogP contribution in [0.25, 0.3) is 0 Å². The molecule has 1 amide bonds. The van der Waals surface area contributed by atoms with E-state index in [4.69, 9.17) is 4.74 Å². The lowest BCUT2D eigenvalue weighted by molar-refractivity contribution is -0.119. The summed E-state index contributed by atoms with van der Waals surface area (Å²) in [5.74, 6) is 0.534. The van der Waals surface area contributed by atoms with Crippen molar-refractivity contribution in [2.45, 2.75) is 20.4 Å². The zero-order chi connectivity index (χ0) is 20.6. The number of nitrogens with zero attached hydrogens (tertiary/aromatic N) is 3. The van der Waals surface area contributed by atoms with E-state index in [-0.39, 0.29) is 12.5 Å². The normalized spacial score (nSPS) is 10.9. The van der Waals surface area contributed by atoms with Crippen LogP contribution in [-0.4, -0.2) is 35.6 Å². The average Bonchev–Trinajstić information content (AvgIpc) is 3.00.